The number of hydrogen-bond acceptors (Lipinski definition) is 4. The predicted octanol–water partition coefficient (Wildman–Crippen LogP) is 4.43. The number of rotatable bonds is 8. The maximum atomic E-state index is 13.8. The first kappa shape index (κ1) is 25.6. The van der Waals surface area contributed by atoms with Gasteiger partial charge in [-0.1, -0.05) is 103 Å². The zero-order chi connectivity index (χ0) is 27.4. The van der Waals surface area contributed by atoms with Gasteiger partial charge in [0.15, 0.2) is 0 Å². The van der Waals surface area contributed by atoms with Crippen LogP contribution in [-0.2, 0) is 9.59 Å². The number of nitrogens with one attached hydrogen (secondary N) is 2. The van der Waals surface area contributed by atoms with Gasteiger partial charge in [-0.05, 0) is 35.7 Å². The highest BCUT2D eigenvalue weighted by atomic mass is 16.2. The van der Waals surface area contributed by atoms with Gasteiger partial charge in [-0.3, -0.25) is 24.1 Å². The minimum atomic E-state index is -1.13. The van der Waals surface area contributed by atoms with Gasteiger partial charge in [0, 0.05) is 0 Å². The van der Waals surface area contributed by atoms with Crippen LogP contribution in [0.25, 0.3) is 0 Å². The molecule has 0 aromatic heterocycles. The van der Waals surface area contributed by atoms with E-state index in [9.17, 15) is 19.2 Å². The number of nitrogens with zero attached hydrogens (tertiary/aromatic N) is 1. The SMILES string of the molecule is C[C@H](C(=O)N[C@@H](C(=O)NC(c1ccccc1)c1ccccc1)c1ccccc1)N1C(=O)c2ccccc2C1=O. The van der Waals surface area contributed by atoms with E-state index in [1.165, 1.54) is 6.92 Å². The molecule has 0 radical (unpaired) electrons. The molecular weight excluding hydrogens is 490 g/mol. The Kier molecular flexibility index (Phi) is 7.32. The van der Waals surface area contributed by atoms with Crippen molar-refractivity contribution in [2.24, 2.45) is 0 Å². The van der Waals surface area contributed by atoms with E-state index in [1.54, 1.807) is 48.5 Å². The maximum Gasteiger partial charge on any atom is 0.262 e. The molecule has 5 rings (SSSR count). The fourth-order valence-corrected chi connectivity index (χ4v) is 4.76. The highest BCUT2D eigenvalue weighted by Gasteiger charge is 2.41. The fourth-order valence-electron chi connectivity index (χ4n) is 4.76. The average Bonchev–Trinajstić information content (AvgIpc) is 3.24. The third kappa shape index (κ3) is 5.20. The Hall–Kier alpha value is -5.04. The van der Waals surface area contributed by atoms with Gasteiger partial charge in [0.1, 0.15) is 12.1 Å². The van der Waals surface area contributed by atoms with E-state index in [4.69, 9.17) is 0 Å². The molecule has 0 saturated heterocycles. The molecule has 0 aliphatic carbocycles. The molecule has 0 bridgehead atoms. The van der Waals surface area contributed by atoms with Crippen molar-refractivity contribution in [2.75, 3.05) is 0 Å². The number of carbonyl (C=O) groups is 4. The van der Waals surface area contributed by atoms with Gasteiger partial charge >= 0.3 is 0 Å². The summed E-state index contributed by atoms with van der Waals surface area (Å²) in [6.45, 7) is 1.48. The Bertz CT molecular complexity index is 1430. The van der Waals surface area contributed by atoms with Crippen LogP contribution in [0.5, 0.6) is 0 Å². The molecule has 1 heterocycles. The van der Waals surface area contributed by atoms with Gasteiger partial charge in [-0.15, -0.1) is 0 Å². The lowest BCUT2D eigenvalue weighted by Crippen LogP contribution is -2.51. The van der Waals surface area contributed by atoms with Crippen LogP contribution >= 0.6 is 0 Å². The summed E-state index contributed by atoms with van der Waals surface area (Å²) in [4.78, 5) is 54.1. The lowest BCUT2D eigenvalue weighted by molar-refractivity contribution is -0.131. The van der Waals surface area contributed by atoms with Crippen molar-refractivity contribution < 1.29 is 19.2 Å². The van der Waals surface area contributed by atoms with Gasteiger partial charge in [0.2, 0.25) is 11.8 Å². The first-order valence-electron chi connectivity index (χ1n) is 12.7. The van der Waals surface area contributed by atoms with Crippen molar-refractivity contribution in [3.63, 3.8) is 0 Å². The summed E-state index contributed by atoms with van der Waals surface area (Å²) in [6.07, 6.45) is 0. The molecule has 4 aromatic rings. The Morgan fingerprint density at radius 1 is 0.564 bits per heavy atom. The van der Waals surface area contributed by atoms with E-state index in [1.807, 2.05) is 66.7 Å². The molecule has 1 aliphatic heterocycles. The van der Waals surface area contributed by atoms with Crippen LogP contribution < -0.4 is 10.6 Å². The topological polar surface area (TPSA) is 95.6 Å². The average molecular weight is 518 g/mol. The summed E-state index contributed by atoms with van der Waals surface area (Å²) in [5, 5.41) is 5.88. The van der Waals surface area contributed by atoms with Crippen LogP contribution in [0.15, 0.2) is 115 Å². The lowest BCUT2D eigenvalue weighted by atomic mass is 9.97. The van der Waals surface area contributed by atoms with Gasteiger partial charge in [-0.25, -0.2) is 0 Å². The Labute approximate surface area is 226 Å². The lowest BCUT2D eigenvalue weighted by Gasteiger charge is -2.27. The van der Waals surface area contributed by atoms with Crippen LogP contribution in [0.2, 0.25) is 0 Å². The molecule has 7 nitrogen and oxygen atoms in total. The fraction of sp³-hybridized carbons (Fsp3) is 0.125. The van der Waals surface area contributed by atoms with Crippen molar-refractivity contribution >= 4 is 23.6 Å². The van der Waals surface area contributed by atoms with Crippen LogP contribution in [0.4, 0.5) is 0 Å². The van der Waals surface area contributed by atoms with E-state index in [0.29, 0.717) is 5.56 Å². The molecule has 4 amide bonds. The third-order valence-corrected chi connectivity index (χ3v) is 6.83. The molecule has 2 atom stereocenters. The standard InChI is InChI=1S/C32H27N3O4/c1-21(35-31(38)25-19-11-12-20-26(25)32(35)39)29(36)34-28(24-17-9-4-10-18-24)30(37)33-27(22-13-5-2-6-14-22)23-15-7-3-8-16-23/h2-21,27-28H,1H3,(H,33,37)(H,34,36)/t21-,28-/m1/s1. The number of hydrogen-bond donors (Lipinski definition) is 2. The normalized spacial score (nSPS) is 14.1. The number of carbonyl (C=O) groups excluding carboxylic acids is 4. The maximum absolute atomic E-state index is 13.8. The van der Waals surface area contributed by atoms with E-state index >= 15 is 0 Å². The van der Waals surface area contributed by atoms with Crippen molar-refractivity contribution in [1.82, 2.24) is 15.5 Å². The monoisotopic (exact) mass is 517 g/mol. The van der Waals surface area contributed by atoms with Gasteiger partial charge < -0.3 is 10.6 Å². The molecule has 0 fully saturated rings. The summed E-state index contributed by atoms with van der Waals surface area (Å²) in [5.74, 6) is -2.12. The number of imide groups is 1. The number of amides is 4. The Morgan fingerprint density at radius 3 is 1.44 bits per heavy atom. The van der Waals surface area contributed by atoms with Crippen molar-refractivity contribution in [2.45, 2.75) is 25.0 Å². The van der Waals surface area contributed by atoms with Gasteiger partial charge in [0.25, 0.3) is 11.8 Å². The molecule has 2 N–H and O–H groups in total. The smallest absolute Gasteiger partial charge is 0.262 e. The van der Waals surface area contributed by atoms with Gasteiger partial charge in [-0.2, -0.15) is 0 Å². The predicted molar refractivity (Wildman–Crippen MR) is 147 cm³/mol. The molecule has 194 valence electrons. The van der Waals surface area contributed by atoms with E-state index in [2.05, 4.69) is 10.6 Å². The first-order chi connectivity index (χ1) is 19.0. The minimum Gasteiger partial charge on any atom is -0.343 e. The highest BCUT2D eigenvalue weighted by molar-refractivity contribution is 6.22. The van der Waals surface area contributed by atoms with E-state index < -0.39 is 41.8 Å². The molecule has 0 saturated carbocycles. The summed E-state index contributed by atoms with van der Waals surface area (Å²) in [5.41, 5.74) is 2.85. The zero-order valence-electron chi connectivity index (χ0n) is 21.3. The second-order valence-electron chi connectivity index (χ2n) is 9.32. The van der Waals surface area contributed by atoms with Gasteiger partial charge in [0.05, 0.1) is 17.2 Å². The van der Waals surface area contributed by atoms with E-state index in [0.717, 1.165) is 16.0 Å². The van der Waals surface area contributed by atoms with Crippen LogP contribution in [-0.4, -0.2) is 34.6 Å². The minimum absolute atomic E-state index is 0.257. The van der Waals surface area contributed by atoms with Crippen molar-refractivity contribution in [3.05, 3.63) is 143 Å². The third-order valence-electron chi connectivity index (χ3n) is 6.83. The molecule has 4 aromatic carbocycles. The Balaban J connectivity index is 1.41. The zero-order valence-corrected chi connectivity index (χ0v) is 21.3. The molecular formula is C32H27N3O4. The van der Waals surface area contributed by atoms with Crippen LogP contribution in [0.3, 0.4) is 0 Å². The molecule has 7 heteroatoms. The van der Waals surface area contributed by atoms with E-state index in [-0.39, 0.29) is 11.1 Å². The Morgan fingerprint density at radius 2 is 0.974 bits per heavy atom. The molecule has 39 heavy (non-hydrogen) atoms. The second-order valence-corrected chi connectivity index (χ2v) is 9.32. The summed E-state index contributed by atoms with van der Waals surface area (Å²) < 4.78 is 0. The molecule has 0 spiro atoms. The van der Waals surface area contributed by atoms with Crippen LogP contribution in [0, 0.1) is 0 Å². The van der Waals surface area contributed by atoms with Crippen LogP contribution in [0.1, 0.15) is 56.4 Å². The molecule has 1 aliphatic rings. The second kappa shape index (κ2) is 11.1. The van der Waals surface area contributed by atoms with Crippen molar-refractivity contribution in [1.29, 1.82) is 0 Å². The largest absolute Gasteiger partial charge is 0.343 e. The summed E-state index contributed by atoms with van der Waals surface area (Å²) >= 11 is 0. The first-order valence-corrected chi connectivity index (χ1v) is 12.7. The van der Waals surface area contributed by atoms with Crippen molar-refractivity contribution in [3.8, 4) is 0 Å². The highest BCUT2D eigenvalue weighted by Crippen LogP contribution is 2.26. The molecule has 0 unspecified atom stereocenters. The number of benzene rings is 4. The quantitative estimate of drug-likeness (QED) is 0.338. The number of fused-ring (bicyclic) bond motifs is 1. The summed E-state index contributed by atoms with van der Waals surface area (Å²) in [6, 6.07) is 31.8. The summed E-state index contributed by atoms with van der Waals surface area (Å²) in [7, 11) is 0.